The lowest BCUT2D eigenvalue weighted by molar-refractivity contribution is -0.122. The molecule has 1 aliphatic carbocycles. The van der Waals surface area contributed by atoms with Crippen LogP contribution in [0.2, 0.25) is 0 Å². The van der Waals surface area contributed by atoms with Crippen LogP contribution in [-0.2, 0) is 20.7 Å². The predicted molar refractivity (Wildman–Crippen MR) is 123 cm³/mol. The lowest BCUT2D eigenvalue weighted by Gasteiger charge is -2.31. The summed E-state index contributed by atoms with van der Waals surface area (Å²) in [6.45, 7) is 3.54. The zero-order chi connectivity index (χ0) is 23.2. The number of nitrogens with one attached hydrogen (secondary N) is 3. The molecule has 0 spiro atoms. The second-order valence-electron chi connectivity index (χ2n) is 9.24. The molecule has 33 heavy (non-hydrogen) atoms. The van der Waals surface area contributed by atoms with Crippen molar-refractivity contribution in [3.8, 4) is 5.75 Å². The molecule has 180 valence electrons. The summed E-state index contributed by atoms with van der Waals surface area (Å²) in [5, 5.41) is 20.4. The fraction of sp³-hybridized carbons (Fsp3) is 0.652. The number of hydrogen-bond acceptors (Lipinski definition) is 8. The van der Waals surface area contributed by atoms with E-state index in [1.807, 2.05) is 6.07 Å². The van der Waals surface area contributed by atoms with Crippen LogP contribution < -0.4 is 20.6 Å². The van der Waals surface area contributed by atoms with Crippen molar-refractivity contribution in [3.05, 3.63) is 29.3 Å². The summed E-state index contributed by atoms with van der Waals surface area (Å²) >= 11 is 0. The lowest BCUT2D eigenvalue weighted by Crippen LogP contribution is -2.53. The number of rotatable bonds is 9. The van der Waals surface area contributed by atoms with Crippen molar-refractivity contribution in [1.29, 1.82) is 0 Å². The number of benzene rings is 1. The molecular formula is C23H34BN3O6. The van der Waals surface area contributed by atoms with Gasteiger partial charge in [0.1, 0.15) is 11.3 Å². The van der Waals surface area contributed by atoms with Crippen molar-refractivity contribution in [1.82, 2.24) is 16.0 Å². The second kappa shape index (κ2) is 11.3. The van der Waals surface area contributed by atoms with Crippen molar-refractivity contribution in [3.63, 3.8) is 0 Å². The molecule has 4 rings (SSSR count). The Morgan fingerprint density at radius 3 is 2.52 bits per heavy atom. The average Bonchev–Trinajstić information content (AvgIpc) is 2.78. The van der Waals surface area contributed by atoms with Crippen LogP contribution in [0.25, 0.3) is 0 Å². The molecule has 4 N–H and O–H groups in total. The molecule has 1 aromatic carbocycles. The molecular weight excluding hydrogens is 425 g/mol. The van der Waals surface area contributed by atoms with Gasteiger partial charge in [0, 0.05) is 25.6 Å². The highest BCUT2D eigenvalue weighted by Gasteiger charge is 2.38. The number of carbonyl (C=O) groups is 2. The van der Waals surface area contributed by atoms with E-state index in [0.717, 1.165) is 57.6 Å². The Morgan fingerprint density at radius 2 is 1.85 bits per heavy atom. The van der Waals surface area contributed by atoms with Crippen LogP contribution in [0, 0.1) is 5.92 Å². The third-order valence-corrected chi connectivity index (χ3v) is 6.82. The molecule has 0 radical (unpaired) electrons. The first kappa shape index (κ1) is 24.0. The fourth-order valence-electron chi connectivity index (χ4n) is 4.82. The smallest absolute Gasteiger partial charge is 0.534 e. The summed E-state index contributed by atoms with van der Waals surface area (Å²) in [5.41, 5.74) is 1.04. The van der Waals surface area contributed by atoms with E-state index < -0.39 is 19.0 Å². The van der Waals surface area contributed by atoms with Gasteiger partial charge in [-0.1, -0.05) is 12.1 Å². The third kappa shape index (κ3) is 6.26. The SMILES string of the molecule is COC(=O)c1cccc2c1OB(O)[C@@H](NC(=O)CC1CCC(NCCNC3COC3)CC1)C2. The number of ether oxygens (including phenoxy) is 2. The fourth-order valence-corrected chi connectivity index (χ4v) is 4.82. The summed E-state index contributed by atoms with van der Waals surface area (Å²) in [4.78, 5) is 24.6. The standard InChI is InChI=1S/C23H34BN3O6/c1-31-23(29)19-4-2-3-16-12-20(24(30)33-22(16)19)27-21(28)11-15-5-7-17(8-6-15)25-9-10-26-18-13-32-14-18/h2-4,15,17-18,20,25-26,30H,5-14H2,1H3,(H,27,28)/t15?,17?,20-/m0/s1. The van der Waals surface area contributed by atoms with Crippen LogP contribution in [0.15, 0.2) is 18.2 Å². The first-order valence-corrected chi connectivity index (χ1v) is 11.9. The number of methoxy groups -OCH3 is 1. The molecule has 2 aliphatic heterocycles. The van der Waals surface area contributed by atoms with E-state index in [1.54, 1.807) is 12.1 Å². The summed E-state index contributed by atoms with van der Waals surface area (Å²) in [6, 6.07) is 6.20. The average molecular weight is 459 g/mol. The van der Waals surface area contributed by atoms with Crippen LogP contribution in [0.5, 0.6) is 5.75 Å². The van der Waals surface area contributed by atoms with Gasteiger partial charge in [-0.05, 0) is 49.7 Å². The largest absolute Gasteiger partial charge is 0.547 e. The van der Waals surface area contributed by atoms with E-state index in [9.17, 15) is 14.6 Å². The quantitative estimate of drug-likeness (QED) is 0.239. The summed E-state index contributed by atoms with van der Waals surface area (Å²) in [6.07, 6.45) is 5.03. The monoisotopic (exact) mass is 459 g/mol. The van der Waals surface area contributed by atoms with E-state index in [-0.39, 0.29) is 11.5 Å². The number of esters is 1. The van der Waals surface area contributed by atoms with E-state index in [0.29, 0.717) is 36.6 Å². The number of fused-ring (bicyclic) bond motifs is 1. The Balaban J connectivity index is 1.18. The molecule has 1 saturated carbocycles. The van der Waals surface area contributed by atoms with Gasteiger partial charge in [0.25, 0.3) is 0 Å². The van der Waals surface area contributed by atoms with Crippen molar-refractivity contribution in [2.75, 3.05) is 33.4 Å². The maximum atomic E-state index is 12.7. The van der Waals surface area contributed by atoms with Gasteiger partial charge in [0.15, 0.2) is 0 Å². The van der Waals surface area contributed by atoms with Crippen molar-refractivity contribution < 1.29 is 28.7 Å². The maximum Gasteiger partial charge on any atom is 0.547 e. The molecule has 0 unspecified atom stereocenters. The Morgan fingerprint density at radius 1 is 1.12 bits per heavy atom. The highest BCUT2D eigenvalue weighted by molar-refractivity contribution is 6.47. The minimum absolute atomic E-state index is 0.0708. The van der Waals surface area contributed by atoms with Gasteiger partial charge in [-0.3, -0.25) is 4.79 Å². The molecule has 9 nitrogen and oxygen atoms in total. The van der Waals surface area contributed by atoms with Crippen LogP contribution in [0.4, 0.5) is 0 Å². The van der Waals surface area contributed by atoms with Gasteiger partial charge in [-0.15, -0.1) is 0 Å². The molecule has 0 aromatic heterocycles. The van der Waals surface area contributed by atoms with E-state index >= 15 is 0 Å². The molecule has 1 atom stereocenters. The van der Waals surface area contributed by atoms with Gasteiger partial charge in [0.05, 0.1) is 32.3 Å². The molecule has 3 aliphatic rings. The van der Waals surface area contributed by atoms with Crippen LogP contribution in [0.3, 0.4) is 0 Å². The third-order valence-electron chi connectivity index (χ3n) is 6.82. The molecule has 1 amide bonds. The van der Waals surface area contributed by atoms with Gasteiger partial charge in [0.2, 0.25) is 5.91 Å². The molecule has 0 bridgehead atoms. The number of hydrogen-bond donors (Lipinski definition) is 4. The molecule has 1 saturated heterocycles. The van der Waals surface area contributed by atoms with E-state index in [4.69, 9.17) is 14.1 Å². The molecule has 2 heterocycles. The highest BCUT2D eigenvalue weighted by atomic mass is 16.5. The Bertz CT molecular complexity index is 828. The minimum atomic E-state index is -1.22. The van der Waals surface area contributed by atoms with Crippen LogP contribution in [0.1, 0.15) is 48.0 Å². The van der Waals surface area contributed by atoms with Gasteiger partial charge in [-0.2, -0.15) is 0 Å². The number of amides is 1. The number of carbonyl (C=O) groups excluding carboxylic acids is 2. The summed E-state index contributed by atoms with van der Waals surface area (Å²) in [7, 11) is 0.0869. The summed E-state index contributed by atoms with van der Waals surface area (Å²) in [5.74, 6) is -0.462. The van der Waals surface area contributed by atoms with E-state index in [2.05, 4.69) is 16.0 Å². The van der Waals surface area contributed by atoms with E-state index in [1.165, 1.54) is 7.11 Å². The van der Waals surface area contributed by atoms with Gasteiger partial charge >= 0.3 is 13.1 Å². The molecule has 1 aromatic rings. The molecule has 2 fully saturated rings. The second-order valence-corrected chi connectivity index (χ2v) is 9.24. The number of para-hydroxylation sites is 1. The normalized spacial score (nSPS) is 24.9. The lowest BCUT2D eigenvalue weighted by atomic mass is 9.72. The Hall–Kier alpha value is -2.14. The minimum Gasteiger partial charge on any atom is -0.534 e. The maximum absolute atomic E-state index is 12.7. The van der Waals surface area contributed by atoms with Gasteiger partial charge in [-0.25, -0.2) is 4.79 Å². The van der Waals surface area contributed by atoms with Crippen molar-refractivity contribution in [2.24, 2.45) is 5.92 Å². The van der Waals surface area contributed by atoms with Crippen molar-refractivity contribution >= 4 is 19.0 Å². The highest BCUT2D eigenvalue weighted by Crippen LogP contribution is 2.31. The molecule has 10 heteroatoms. The first-order chi connectivity index (χ1) is 16.0. The van der Waals surface area contributed by atoms with Gasteiger partial charge < -0.3 is 35.1 Å². The first-order valence-electron chi connectivity index (χ1n) is 11.9. The van der Waals surface area contributed by atoms with Crippen LogP contribution in [-0.4, -0.2) is 75.5 Å². The van der Waals surface area contributed by atoms with Crippen LogP contribution >= 0.6 is 0 Å². The topological polar surface area (TPSA) is 118 Å². The zero-order valence-electron chi connectivity index (χ0n) is 19.2. The van der Waals surface area contributed by atoms with Crippen molar-refractivity contribution in [2.45, 2.75) is 56.5 Å². The zero-order valence-corrected chi connectivity index (χ0v) is 19.2. The predicted octanol–water partition coefficient (Wildman–Crippen LogP) is 0.440. The Kier molecular flexibility index (Phi) is 8.24. The summed E-state index contributed by atoms with van der Waals surface area (Å²) < 4.78 is 15.5. The Labute approximate surface area is 195 Å².